The molecular formula is C8H11IN2O2. The number of alkyl halides is 1. The number of hydrogen-bond donors (Lipinski definition) is 1. The van der Waals surface area contributed by atoms with Crippen molar-refractivity contribution in [2.24, 2.45) is 3.95 Å². The van der Waals surface area contributed by atoms with E-state index in [9.17, 15) is 4.79 Å². The maximum atomic E-state index is 11.0. The molecule has 0 aliphatic heterocycles. The number of carbonyl (C=O) groups is 1. The van der Waals surface area contributed by atoms with Crippen molar-refractivity contribution in [3.63, 3.8) is 0 Å². The normalized spacial score (nSPS) is 10.8. The molecule has 0 saturated carbocycles. The van der Waals surface area contributed by atoms with Crippen LogP contribution in [-0.4, -0.2) is 13.9 Å². The molecule has 1 aromatic rings. The first kappa shape index (κ1) is 10.4. The Morgan fingerprint density at radius 1 is 1.69 bits per heavy atom. The number of carbonyl (C=O) groups excluding carboxylic acids is 1. The van der Waals surface area contributed by atoms with Crippen LogP contribution in [0.1, 0.15) is 5.69 Å². The zero-order chi connectivity index (χ0) is 9.68. The van der Waals surface area contributed by atoms with Crippen LogP contribution < -0.4 is 3.95 Å². The van der Waals surface area contributed by atoms with Crippen molar-refractivity contribution in [3.8, 4) is 0 Å². The summed E-state index contributed by atoms with van der Waals surface area (Å²) in [4.78, 5) is 16.8. The van der Waals surface area contributed by atoms with Gasteiger partial charge in [0.15, 0.2) is 0 Å². The summed E-state index contributed by atoms with van der Waals surface area (Å²) in [5, 5.41) is 0. The predicted octanol–water partition coefficient (Wildman–Crippen LogP) is 1.73. The summed E-state index contributed by atoms with van der Waals surface area (Å²) in [6.07, 6.45) is 1.66. The van der Waals surface area contributed by atoms with Gasteiger partial charge in [-0.05, 0) is 0 Å². The molecule has 0 fully saturated rings. The summed E-state index contributed by atoms with van der Waals surface area (Å²) in [5.41, 5.74) is 0.744. The number of aromatic nitrogens is 1. The standard InChI is InChI=1S/C8H11IN2O2/c1-9(10)8(12)13-6-7-4-2-3-5-11-7/h2-5H,6,10H2,1H3. The molecule has 0 spiro atoms. The Morgan fingerprint density at radius 3 is 3.00 bits per heavy atom. The van der Waals surface area contributed by atoms with Crippen LogP contribution in [0.5, 0.6) is 0 Å². The van der Waals surface area contributed by atoms with Gasteiger partial charge in [-0.25, -0.2) is 0 Å². The van der Waals surface area contributed by atoms with E-state index in [-0.39, 0.29) is 10.6 Å². The van der Waals surface area contributed by atoms with E-state index in [1.807, 2.05) is 12.1 Å². The number of nitrogens with two attached hydrogens (primary N) is 1. The van der Waals surface area contributed by atoms with E-state index in [0.717, 1.165) is 5.69 Å². The Morgan fingerprint density at radius 2 is 2.46 bits per heavy atom. The third-order valence-electron chi connectivity index (χ3n) is 1.30. The first-order valence-corrected chi connectivity index (χ1v) is 8.09. The fourth-order valence-corrected chi connectivity index (χ4v) is 1.35. The summed E-state index contributed by atoms with van der Waals surface area (Å²) < 4.78 is 10.1. The molecule has 4 nitrogen and oxygen atoms in total. The second-order valence-corrected chi connectivity index (χ2v) is 6.19. The first-order chi connectivity index (χ1) is 6.20. The van der Waals surface area contributed by atoms with Crippen molar-refractivity contribution in [2.45, 2.75) is 6.61 Å². The number of halogens is 1. The van der Waals surface area contributed by atoms with Gasteiger partial charge in [0.1, 0.15) is 0 Å². The predicted molar refractivity (Wildman–Crippen MR) is 58.6 cm³/mol. The van der Waals surface area contributed by atoms with Gasteiger partial charge in [0.2, 0.25) is 0 Å². The number of nitrogens with zero attached hydrogens (tertiary/aromatic N) is 1. The average Bonchev–Trinajstić information content (AvgIpc) is 2.15. The van der Waals surface area contributed by atoms with Crippen molar-refractivity contribution < 1.29 is 9.53 Å². The van der Waals surface area contributed by atoms with Crippen molar-refractivity contribution in [1.82, 2.24) is 4.98 Å². The molecule has 1 heterocycles. The van der Waals surface area contributed by atoms with Crippen molar-refractivity contribution in [2.75, 3.05) is 4.93 Å². The van der Waals surface area contributed by atoms with Crippen molar-refractivity contribution in [3.05, 3.63) is 30.1 Å². The van der Waals surface area contributed by atoms with Gasteiger partial charge in [-0.3, -0.25) is 0 Å². The van der Waals surface area contributed by atoms with Crippen molar-refractivity contribution in [1.29, 1.82) is 0 Å². The van der Waals surface area contributed by atoms with E-state index in [4.69, 9.17) is 8.68 Å². The van der Waals surface area contributed by atoms with E-state index in [2.05, 4.69) is 4.98 Å². The van der Waals surface area contributed by atoms with Gasteiger partial charge in [-0.1, -0.05) is 0 Å². The van der Waals surface area contributed by atoms with Crippen LogP contribution in [0, 0.1) is 0 Å². The summed E-state index contributed by atoms with van der Waals surface area (Å²) in [6.45, 7) is 0.221. The average molecular weight is 294 g/mol. The number of hydrogen-bond acceptors (Lipinski definition) is 4. The first-order valence-electron chi connectivity index (χ1n) is 3.61. The van der Waals surface area contributed by atoms with Crippen LogP contribution in [0.25, 0.3) is 0 Å². The molecule has 0 radical (unpaired) electrons. The van der Waals surface area contributed by atoms with Gasteiger partial charge in [0, 0.05) is 0 Å². The number of ether oxygens (including phenoxy) is 1. The molecule has 0 bridgehead atoms. The number of rotatable bonds is 3. The minimum absolute atomic E-state index is 0.221. The fraction of sp³-hybridized carbons (Fsp3) is 0.250. The van der Waals surface area contributed by atoms with Gasteiger partial charge in [-0.15, -0.1) is 0 Å². The fourth-order valence-electron chi connectivity index (χ4n) is 0.700. The molecule has 0 saturated heterocycles. The van der Waals surface area contributed by atoms with Crippen molar-refractivity contribution >= 4 is 24.1 Å². The Labute approximate surface area is 84.2 Å². The maximum absolute atomic E-state index is 11.0. The van der Waals surface area contributed by atoms with E-state index in [1.165, 1.54) is 0 Å². The van der Waals surface area contributed by atoms with Gasteiger partial charge in [0.25, 0.3) is 0 Å². The van der Waals surface area contributed by atoms with Gasteiger partial charge < -0.3 is 0 Å². The van der Waals surface area contributed by atoms with Gasteiger partial charge in [-0.2, -0.15) is 0 Å². The van der Waals surface area contributed by atoms with Crippen LogP contribution in [0.2, 0.25) is 0 Å². The van der Waals surface area contributed by atoms with E-state index < -0.39 is 20.1 Å². The molecule has 1 aromatic heterocycles. The van der Waals surface area contributed by atoms with Gasteiger partial charge >= 0.3 is 84.2 Å². The van der Waals surface area contributed by atoms with Gasteiger partial charge in [0.05, 0.1) is 0 Å². The summed E-state index contributed by atoms with van der Waals surface area (Å²) >= 11 is -1.95. The molecule has 0 aliphatic carbocycles. The molecule has 72 valence electrons. The molecular weight excluding hydrogens is 283 g/mol. The third-order valence-corrected chi connectivity index (χ3v) is 3.00. The Kier molecular flexibility index (Phi) is 4.10. The zero-order valence-corrected chi connectivity index (χ0v) is 9.39. The van der Waals surface area contributed by atoms with Crippen LogP contribution in [0.3, 0.4) is 0 Å². The Balaban J connectivity index is 2.40. The van der Waals surface area contributed by atoms with E-state index in [1.54, 1.807) is 17.2 Å². The van der Waals surface area contributed by atoms with Crippen LogP contribution >= 0.6 is 20.1 Å². The quantitative estimate of drug-likeness (QED) is 0.399. The minimum atomic E-state index is -1.95. The molecule has 0 aromatic carbocycles. The topological polar surface area (TPSA) is 65.2 Å². The third kappa shape index (κ3) is 3.69. The summed E-state index contributed by atoms with van der Waals surface area (Å²) in [6, 6.07) is 5.46. The molecule has 1 rings (SSSR count). The number of pyridine rings is 1. The molecule has 2 N–H and O–H groups in total. The molecule has 13 heavy (non-hydrogen) atoms. The second-order valence-electron chi connectivity index (χ2n) is 2.36. The van der Waals surface area contributed by atoms with Crippen LogP contribution in [0.4, 0.5) is 4.79 Å². The zero-order valence-electron chi connectivity index (χ0n) is 7.24. The summed E-state index contributed by atoms with van der Waals surface area (Å²) in [5.74, 6) is 0. The van der Waals surface area contributed by atoms with Crippen LogP contribution in [0.15, 0.2) is 24.4 Å². The van der Waals surface area contributed by atoms with E-state index >= 15 is 0 Å². The second kappa shape index (κ2) is 5.13. The monoisotopic (exact) mass is 294 g/mol. The molecule has 0 atom stereocenters. The molecule has 0 aliphatic rings. The molecule has 5 heteroatoms. The Hall–Kier alpha value is -0.690. The molecule has 0 unspecified atom stereocenters. The van der Waals surface area contributed by atoms with Crippen LogP contribution in [-0.2, 0) is 11.3 Å². The summed E-state index contributed by atoms with van der Waals surface area (Å²) in [7, 11) is 0. The van der Waals surface area contributed by atoms with E-state index in [0.29, 0.717) is 0 Å². The SMILES string of the molecule is CI(N)C(=O)OCc1ccccn1. The molecule has 0 amide bonds. The Bertz CT molecular complexity index is 277.